The molecule has 0 unspecified atom stereocenters. The lowest BCUT2D eigenvalue weighted by Gasteiger charge is -2.10. The monoisotopic (exact) mass is 391 g/mol. The van der Waals surface area contributed by atoms with E-state index >= 15 is 0 Å². The average molecular weight is 391 g/mol. The maximum Gasteiger partial charge on any atom is 0.165 e. The van der Waals surface area contributed by atoms with Gasteiger partial charge in [0.05, 0.1) is 24.1 Å². The van der Waals surface area contributed by atoms with Crippen molar-refractivity contribution in [2.75, 3.05) is 23.9 Å². The van der Waals surface area contributed by atoms with Gasteiger partial charge in [-0.2, -0.15) is 5.10 Å². The Labute approximate surface area is 169 Å². The van der Waals surface area contributed by atoms with Crippen molar-refractivity contribution < 1.29 is 0 Å². The third-order valence-corrected chi connectivity index (χ3v) is 4.38. The summed E-state index contributed by atoms with van der Waals surface area (Å²) in [7, 11) is 1.80. The van der Waals surface area contributed by atoms with Crippen LogP contribution in [-0.2, 0) is 13.0 Å². The van der Waals surface area contributed by atoms with Crippen LogP contribution in [0.1, 0.15) is 22.3 Å². The largest absolute Gasteiger partial charge is 0.395 e. The van der Waals surface area contributed by atoms with Crippen LogP contribution in [0.5, 0.6) is 0 Å². The maximum atomic E-state index is 8.12. The van der Waals surface area contributed by atoms with E-state index in [-0.39, 0.29) is 0 Å². The lowest BCUT2D eigenvalue weighted by molar-refractivity contribution is 0.686. The standard InChI is InChI=1S/C20H25N9/c1-25-6-5-17(21)15-4-2-3-13(7-15)11-29-12-14(10-26-29)8-16-9-18(22)27-20(28-24)19(16)23/h2-7,9-10,12,21,25H,8,11,23-24H2,1H3,(H3,22,27,28)/b6-5-,21-17?. The second kappa shape index (κ2) is 8.89. The molecule has 2 heterocycles. The number of aromatic nitrogens is 3. The number of hydrogen-bond acceptors (Lipinski definition) is 8. The molecule has 9 N–H and O–H groups in total. The highest BCUT2D eigenvalue weighted by atomic mass is 15.3. The summed E-state index contributed by atoms with van der Waals surface area (Å²) in [5.74, 6) is 6.15. The topological polar surface area (TPSA) is 157 Å². The molecule has 9 heteroatoms. The van der Waals surface area contributed by atoms with Crippen LogP contribution in [-0.4, -0.2) is 27.5 Å². The van der Waals surface area contributed by atoms with Gasteiger partial charge in [-0.05, 0) is 46.7 Å². The highest BCUT2D eigenvalue weighted by Crippen LogP contribution is 2.24. The average Bonchev–Trinajstić information content (AvgIpc) is 3.15. The lowest BCUT2D eigenvalue weighted by atomic mass is 10.1. The van der Waals surface area contributed by atoms with E-state index in [2.05, 4.69) is 20.8 Å². The molecule has 0 atom stereocenters. The number of allylic oxidation sites excluding steroid dienone is 1. The summed E-state index contributed by atoms with van der Waals surface area (Å²) < 4.78 is 1.85. The van der Waals surface area contributed by atoms with Crippen LogP contribution in [0.3, 0.4) is 0 Å². The van der Waals surface area contributed by atoms with Crippen molar-refractivity contribution in [3.63, 3.8) is 0 Å². The van der Waals surface area contributed by atoms with E-state index in [1.54, 1.807) is 31.6 Å². The number of nitrogens with zero attached hydrogens (tertiary/aromatic N) is 3. The number of rotatable bonds is 8. The number of nitrogens with one attached hydrogen (secondary N) is 3. The Bertz CT molecular complexity index is 1040. The van der Waals surface area contributed by atoms with Gasteiger partial charge in [0.15, 0.2) is 5.82 Å². The van der Waals surface area contributed by atoms with E-state index in [1.807, 2.05) is 35.1 Å². The molecule has 0 fully saturated rings. The van der Waals surface area contributed by atoms with Gasteiger partial charge in [0, 0.05) is 19.7 Å². The molecule has 0 bridgehead atoms. The molecule has 0 aliphatic heterocycles. The molecule has 0 radical (unpaired) electrons. The van der Waals surface area contributed by atoms with Crippen molar-refractivity contribution in [2.24, 2.45) is 5.84 Å². The molecule has 0 saturated heterocycles. The molecule has 0 aliphatic rings. The van der Waals surface area contributed by atoms with Gasteiger partial charge in [-0.15, -0.1) is 0 Å². The van der Waals surface area contributed by atoms with Crippen LogP contribution in [0.4, 0.5) is 17.3 Å². The number of pyridine rings is 1. The zero-order chi connectivity index (χ0) is 20.8. The zero-order valence-electron chi connectivity index (χ0n) is 16.2. The van der Waals surface area contributed by atoms with Gasteiger partial charge in [0.2, 0.25) is 0 Å². The second-order valence-corrected chi connectivity index (χ2v) is 6.57. The molecule has 3 rings (SSSR count). The summed E-state index contributed by atoms with van der Waals surface area (Å²) in [6.45, 7) is 0.598. The molecule has 2 aromatic heterocycles. The van der Waals surface area contributed by atoms with Gasteiger partial charge >= 0.3 is 0 Å². The van der Waals surface area contributed by atoms with Gasteiger partial charge in [0.25, 0.3) is 0 Å². The van der Waals surface area contributed by atoms with E-state index in [0.29, 0.717) is 36.0 Å². The van der Waals surface area contributed by atoms with Crippen LogP contribution in [0.15, 0.2) is 55.0 Å². The van der Waals surface area contributed by atoms with Crippen molar-refractivity contribution in [3.8, 4) is 0 Å². The SMILES string of the molecule is CN/C=C\C(=N)c1cccc(Cn2cc(Cc3cc(N)nc(NN)c3N)cn2)c1. The molecule has 9 nitrogen and oxygen atoms in total. The number of nitrogens with two attached hydrogens (primary N) is 3. The van der Waals surface area contributed by atoms with Crippen molar-refractivity contribution in [2.45, 2.75) is 13.0 Å². The first kappa shape index (κ1) is 19.9. The van der Waals surface area contributed by atoms with Crippen molar-refractivity contribution in [3.05, 3.63) is 77.3 Å². The zero-order valence-corrected chi connectivity index (χ0v) is 16.2. The predicted molar refractivity (Wildman–Crippen MR) is 116 cm³/mol. The Kier molecular flexibility index (Phi) is 6.10. The van der Waals surface area contributed by atoms with E-state index in [9.17, 15) is 0 Å². The van der Waals surface area contributed by atoms with Crippen molar-refractivity contribution in [1.29, 1.82) is 5.41 Å². The van der Waals surface area contributed by atoms with E-state index in [1.165, 1.54) is 0 Å². The molecule has 1 aromatic carbocycles. The van der Waals surface area contributed by atoms with E-state index < -0.39 is 0 Å². The Hall–Kier alpha value is -3.85. The number of anilines is 3. The molecule has 0 spiro atoms. The van der Waals surface area contributed by atoms with Crippen molar-refractivity contribution >= 4 is 23.0 Å². The molecular weight excluding hydrogens is 366 g/mol. The Balaban J connectivity index is 1.74. The number of hydrazine groups is 1. The summed E-state index contributed by atoms with van der Waals surface area (Å²) in [5, 5.41) is 15.4. The van der Waals surface area contributed by atoms with Crippen LogP contribution in [0, 0.1) is 5.41 Å². The fourth-order valence-corrected chi connectivity index (χ4v) is 2.98. The third kappa shape index (κ3) is 4.90. The number of benzene rings is 1. The molecule has 150 valence electrons. The minimum atomic E-state index is 0.348. The summed E-state index contributed by atoms with van der Waals surface area (Å²) in [5.41, 5.74) is 19.0. The van der Waals surface area contributed by atoms with Gasteiger partial charge in [0.1, 0.15) is 5.82 Å². The normalized spacial score (nSPS) is 11.0. The van der Waals surface area contributed by atoms with Crippen LogP contribution < -0.4 is 28.1 Å². The number of nitrogen functional groups attached to an aromatic ring is 3. The highest BCUT2D eigenvalue weighted by Gasteiger charge is 2.10. The Morgan fingerprint density at radius 1 is 1.24 bits per heavy atom. The van der Waals surface area contributed by atoms with Crippen LogP contribution in [0.25, 0.3) is 0 Å². The molecule has 0 aliphatic carbocycles. The second-order valence-electron chi connectivity index (χ2n) is 6.57. The summed E-state index contributed by atoms with van der Waals surface area (Å²) in [6.07, 6.45) is 7.78. The molecule has 0 amide bonds. The number of hydrogen-bond donors (Lipinski definition) is 6. The van der Waals surface area contributed by atoms with Crippen LogP contribution in [0.2, 0.25) is 0 Å². The Morgan fingerprint density at radius 2 is 2.07 bits per heavy atom. The summed E-state index contributed by atoms with van der Waals surface area (Å²) >= 11 is 0. The fourth-order valence-electron chi connectivity index (χ4n) is 2.98. The van der Waals surface area contributed by atoms with Gasteiger partial charge in [-0.1, -0.05) is 18.2 Å². The molecule has 3 aromatic rings. The Morgan fingerprint density at radius 3 is 2.83 bits per heavy atom. The van der Waals surface area contributed by atoms with Gasteiger partial charge in [-0.25, -0.2) is 10.8 Å². The predicted octanol–water partition coefficient (Wildman–Crippen LogP) is 1.47. The minimum absolute atomic E-state index is 0.348. The highest BCUT2D eigenvalue weighted by molar-refractivity contribution is 6.06. The summed E-state index contributed by atoms with van der Waals surface area (Å²) in [4.78, 5) is 4.07. The fraction of sp³-hybridized carbons (Fsp3) is 0.150. The first-order chi connectivity index (χ1) is 14.0. The smallest absolute Gasteiger partial charge is 0.165 e. The third-order valence-electron chi connectivity index (χ3n) is 4.38. The van der Waals surface area contributed by atoms with Crippen molar-refractivity contribution in [1.82, 2.24) is 20.1 Å². The lowest BCUT2D eigenvalue weighted by Crippen LogP contribution is -2.13. The molecule has 29 heavy (non-hydrogen) atoms. The first-order valence-electron chi connectivity index (χ1n) is 9.04. The molecular formula is C20H25N9. The minimum Gasteiger partial charge on any atom is -0.395 e. The van der Waals surface area contributed by atoms with Gasteiger partial charge < -0.3 is 27.6 Å². The first-order valence-corrected chi connectivity index (χ1v) is 9.04. The quantitative estimate of drug-likeness (QED) is 0.193. The maximum absolute atomic E-state index is 8.12. The molecule has 0 saturated carbocycles. The van der Waals surface area contributed by atoms with E-state index in [4.69, 9.17) is 22.7 Å². The summed E-state index contributed by atoms with van der Waals surface area (Å²) in [6, 6.07) is 9.60. The van der Waals surface area contributed by atoms with Gasteiger partial charge in [-0.3, -0.25) is 4.68 Å². The van der Waals surface area contributed by atoms with E-state index in [0.717, 1.165) is 22.3 Å². The van der Waals surface area contributed by atoms with Crippen LogP contribution >= 0.6 is 0 Å².